The van der Waals surface area contributed by atoms with E-state index in [-0.39, 0.29) is 6.04 Å². The van der Waals surface area contributed by atoms with Gasteiger partial charge in [0, 0.05) is 12.2 Å². The number of nitrogens with zero attached hydrogens (tertiary/aromatic N) is 2. The maximum atomic E-state index is 6.15. The summed E-state index contributed by atoms with van der Waals surface area (Å²) in [5.41, 5.74) is 8.21. The minimum atomic E-state index is 0.0570. The van der Waals surface area contributed by atoms with Crippen LogP contribution in [-0.4, -0.2) is 9.78 Å². The zero-order valence-electron chi connectivity index (χ0n) is 10.9. The van der Waals surface area contributed by atoms with Crippen LogP contribution in [0.25, 0.3) is 5.69 Å². The normalized spacial score (nSPS) is 12.6. The van der Waals surface area contributed by atoms with E-state index in [1.54, 1.807) is 0 Å². The summed E-state index contributed by atoms with van der Waals surface area (Å²) < 4.78 is 1.88. The quantitative estimate of drug-likeness (QED) is 0.790. The fourth-order valence-electron chi connectivity index (χ4n) is 2.02. The Bertz CT molecular complexity index is 462. The van der Waals surface area contributed by atoms with Crippen LogP contribution in [0.15, 0.2) is 42.6 Å². The summed E-state index contributed by atoms with van der Waals surface area (Å²) >= 11 is 0. The minimum Gasteiger partial charge on any atom is -0.323 e. The summed E-state index contributed by atoms with van der Waals surface area (Å²) in [5.74, 6) is 0. The number of hydrogen-bond acceptors (Lipinski definition) is 2. The molecule has 0 spiro atoms. The molecular formula is C15H21N3. The molecule has 0 aliphatic heterocycles. The zero-order chi connectivity index (χ0) is 12.8. The molecule has 2 aromatic rings. The molecule has 2 N–H and O–H groups in total. The van der Waals surface area contributed by atoms with Crippen LogP contribution in [-0.2, 0) is 0 Å². The third kappa shape index (κ3) is 3.20. The zero-order valence-corrected chi connectivity index (χ0v) is 10.9. The Hall–Kier alpha value is -1.61. The second kappa shape index (κ2) is 6.36. The maximum absolute atomic E-state index is 6.15. The molecule has 1 aromatic heterocycles. The van der Waals surface area contributed by atoms with Gasteiger partial charge in [-0.15, -0.1) is 0 Å². The van der Waals surface area contributed by atoms with Crippen molar-refractivity contribution in [3.05, 3.63) is 48.3 Å². The van der Waals surface area contributed by atoms with Crippen LogP contribution in [0, 0.1) is 0 Å². The molecule has 3 heteroatoms. The highest BCUT2D eigenvalue weighted by Gasteiger charge is 2.09. The Morgan fingerprint density at radius 1 is 1.17 bits per heavy atom. The molecule has 0 aliphatic rings. The van der Waals surface area contributed by atoms with Gasteiger partial charge in [-0.05, 0) is 24.6 Å². The van der Waals surface area contributed by atoms with Crippen molar-refractivity contribution in [1.29, 1.82) is 0 Å². The predicted octanol–water partition coefficient (Wildman–Crippen LogP) is 3.45. The highest BCUT2D eigenvalue weighted by atomic mass is 15.3. The van der Waals surface area contributed by atoms with Gasteiger partial charge in [-0.1, -0.05) is 44.4 Å². The summed E-state index contributed by atoms with van der Waals surface area (Å²) in [5, 5.41) is 4.55. The molecule has 2 rings (SSSR count). The first-order chi connectivity index (χ1) is 8.81. The van der Waals surface area contributed by atoms with Crippen molar-refractivity contribution in [2.75, 3.05) is 0 Å². The molecule has 3 nitrogen and oxygen atoms in total. The highest BCUT2D eigenvalue weighted by Crippen LogP contribution is 2.16. The summed E-state index contributed by atoms with van der Waals surface area (Å²) in [6.45, 7) is 2.20. The van der Waals surface area contributed by atoms with Crippen molar-refractivity contribution in [2.24, 2.45) is 5.73 Å². The molecule has 1 unspecified atom stereocenters. The fraction of sp³-hybridized carbons (Fsp3) is 0.400. The summed E-state index contributed by atoms with van der Waals surface area (Å²) in [6.07, 6.45) is 6.64. The largest absolute Gasteiger partial charge is 0.323 e. The third-order valence-corrected chi connectivity index (χ3v) is 3.13. The highest BCUT2D eigenvalue weighted by molar-refractivity contribution is 5.30. The second-order valence-electron chi connectivity index (χ2n) is 4.62. The lowest BCUT2D eigenvalue weighted by atomic mass is 10.1. The van der Waals surface area contributed by atoms with E-state index < -0.39 is 0 Å². The topological polar surface area (TPSA) is 43.8 Å². The SMILES string of the molecule is CCCCCC(N)c1ccn(-c2ccccc2)n1. The van der Waals surface area contributed by atoms with Gasteiger partial charge in [-0.3, -0.25) is 0 Å². The summed E-state index contributed by atoms with van der Waals surface area (Å²) in [6, 6.07) is 12.2. The number of hydrogen-bond donors (Lipinski definition) is 1. The van der Waals surface area contributed by atoms with E-state index in [1.165, 1.54) is 19.3 Å². The van der Waals surface area contributed by atoms with Crippen LogP contribution in [0.3, 0.4) is 0 Å². The van der Waals surface area contributed by atoms with E-state index in [2.05, 4.69) is 12.0 Å². The summed E-state index contributed by atoms with van der Waals surface area (Å²) in [4.78, 5) is 0. The van der Waals surface area contributed by atoms with E-state index in [4.69, 9.17) is 5.73 Å². The van der Waals surface area contributed by atoms with Gasteiger partial charge in [0.05, 0.1) is 11.4 Å². The van der Waals surface area contributed by atoms with Crippen molar-refractivity contribution < 1.29 is 0 Å². The number of unbranched alkanes of at least 4 members (excludes halogenated alkanes) is 2. The second-order valence-corrected chi connectivity index (χ2v) is 4.62. The standard InChI is InChI=1S/C15H21N3/c1-2-3-5-10-14(16)15-11-12-18(17-15)13-8-6-4-7-9-13/h4,6-9,11-12,14H,2-3,5,10,16H2,1H3. The Morgan fingerprint density at radius 3 is 2.67 bits per heavy atom. The van der Waals surface area contributed by atoms with E-state index in [0.29, 0.717) is 0 Å². The molecule has 0 amide bonds. The van der Waals surface area contributed by atoms with Gasteiger partial charge < -0.3 is 5.73 Å². The Balaban J connectivity index is 2.02. The van der Waals surface area contributed by atoms with Crippen molar-refractivity contribution >= 4 is 0 Å². The number of para-hydroxylation sites is 1. The molecule has 0 aliphatic carbocycles. The molecular weight excluding hydrogens is 222 g/mol. The minimum absolute atomic E-state index is 0.0570. The molecule has 0 fully saturated rings. The Kier molecular flexibility index (Phi) is 4.53. The molecule has 96 valence electrons. The third-order valence-electron chi connectivity index (χ3n) is 3.13. The van der Waals surface area contributed by atoms with Crippen LogP contribution in [0.5, 0.6) is 0 Å². The van der Waals surface area contributed by atoms with Crippen molar-refractivity contribution in [2.45, 2.75) is 38.6 Å². The van der Waals surface area contributed by atoms with Gasteiger partial charge in [-0.25, -0.2) is 4.68 Å². The van der Waals surface area contributed by atoms with Gasteiger partial charge in [0.25, 0.3) is 0 Å². The molecule has 0 saturated heterocycles. The van der Waals surface area contributed by atoms with Crippen LogP contribution in [0.4, 0.5) is 0 Å². The van der Waals surface area contributed by atoms with Crippen molar-refractivity contribution in [1.82, 2.24) is 9.78 Å². The number of aromatic nitrogens is 2. The first-order valence-electron chi connectivity index (χ1n) is 6.68. The van der Waals surface area contributed by atoms with Crippen LogP contribution in [0.2, 0.25) is 0 Å². The fourth-order valence-corrected chi connectivity index (χ4v) is 2.02. The molecule has 0 saturated carbocycles. The van der Waals surface area contributed by atoms with Gasteiger partial charge in [0.15, 0.2) is 0 Å². The average Bonchev–Trinajstić information content (AvgIpc) is 2.89. The van der Waals surface area contributed by atoms with E-state index in [1.807, 2.05) is 47.3 Å². The average molecular weight is 243 g/mol. The monoisotopic (exact) mass is 243 g/mol. The number of nitrogens with two attached hydrogens (primary N) is 1. The van der Waals surface area contributed by atoms with Gasteiger partial charge in [0.2, 0.25) is 0 Å². The molecule has 0 radical (unpaired) electrons. The lowest BCUT2D eigenvalue weighted by Crippen LogP contribution is -2.11. The first-order valence-corrected chi connectivity index (χ1v) is 6.68. The lowest BCUT2D eigenvalue weighted by molar-refractivity contribution is 0.566. The van der Waals surface area contributed by atoms with E-state index in [9.17, 15) is 0 Å². The molecule has 1 atom stereocenters. The van der Waals surface area contributed by atoms with E-state index in [0.717, 1.165) is 17.8 Å². The number of rotatable bonds is 6. The maximum Gasteiger partial charge on any atom is 0.0796 e. The first kappa shape index (κ1) is 12.8. The van der Waals surface area contributed by atoms with Crippen LogP contribution in [0.1, 0.15) is 44.3 Å². The van der Waals surface area contributed by atoms with Gasteiger partial charge in [-0.2, -0.15) is 5.10 Å². The van der Waals surface area contributed by atoms with Crippen LogP contribution >= 0.6 is 0 Å². The van der Waals surface area contributed by atoms with E-state index >= 15 is 0 Å². The summed E-state index contributed by atoms with van der Waals surface area (Å²) in [7, 11) is 0. The molecule has 1 heterocycles. The lowest BCUT2D eigenvalue weighted by Gasteiger charge is -2.08. The number of benzene rings is 1. The molecule has 18 heavy (non-hydrogen) atoms. The Morgan fingerprint density at radius 2 is 1.94 bits per heavy atom. The predicted molar refractivity (Wildman–Crippen MR) is 74.6 cm³/mol. The molecule has 1 aromatic carbocycles. The van der Waals surface area contributed by atoms with Gasteiger partial charge >= 0.3 is 0 Å². The smallest absolute Gasteiger partial charge is 0.0796 e. The van der Waals surface area contributed by atoms with Gasteiger partial charge in [0.1, 0.15) is 0 Å². The Labute approximate surface area is 109 Å². The van der Waals surface area contributed by atoms with Crippen molar-refractivity contribution in [3.8, 4) is 5.69 Å². The van der Waals surface area contributed by atoms with Crippen LogP contribution < -0.4 is 5.73 Å². The molecule has 0 bridgehead atoms. The van der Waals surface area contributed by atoms with Crippen molar-refractivity contribution in [3.63, 3.8) is 0 Å².